The van der Waals surface area contributed by atoms with E-state index >= 15 is 0 Å². The van der Waals surface area contributed by atoms with Gasteiger partial charge in [0.2, 0.25) is 11.7 Å². The third kappa shape index (κ3) is 3.15. The SMILES string of the molecule is O=C(CSc1nnc(-c2ccco2)n1C1CC1)Nc1nccs1. The number of hydrogen-bond donors (Lipinski definition) is 1. The molecule has 118 valence electrons. The molecule has 1 N–H and O–H groups in total. The van der Waals surface area contributed by atoms with Crippen LogP contribution in [0, 0.1) is 0 Å². The molecule has 23 heavy (non-hydrogen) atoms. The summed E-state index contributed by atoms with van der Waals surface area (Å²) in [5.41, 5.74) is 0. The number of carbonyl (C=O) groups is 1. The van der Waals surface area contributed by atoms with E-state index in [0.717, 1.165) is 23.8 Å². The van der Waals surface area contributed by atoms with Gasteiger partial charge in [0.25, 0.3) is 0 Å². The third-order valence-corrected chi connectivity index (χ3v) is 4.96. The Morgan fingerprint density at radius 3 is 3.09 bits per heavy atom. The highest BCUT2D eigenvalue weighted by atomic mass is 32.2. The lowest BCUT2D eigenvalue weighted by Gasteiger charge is -2.07. The van der Waals surface area contributed by atoms with E-state index < -0.39 is 0 Å². The van der Waals surface area contributed by atoms with Crippen LogP contribution in [0.3, 0.4) is 0 Å². The number of furan rings is 1. The number of thioether (sulfide) groups is 1. The van der Waals surface area contributed by atoms with Crippen LogP contribution >= 0.6 is 23.1 Å². The van der Waals surface area contributed by atoms with Gasteiger partial charge in [-0.2, -0.15) is 0 Å². The first-order chi connectivity index (χ1) is 11.3. The molecule has 0 unspecified atom stereocenters. The average molecular weight is 347 g/mol. The Labute approximate surface area is 140 Å². The van der Waals surface area contributed by atoms with Crippen molar-refractivity contribution < 1.29 is 9.21 Å². The molecule has 9 heteroatoms. The van der Waals surface area contributed by atoms with E-state index in [9.17, 15) is 4.79 Å². The van der Waals surface area contributed by atoms with Gasteiger partial charge in [-0.25, -0.2) is 4.98 Å². The highest BCUT2D eigenvalue weighted by molar-refractivity contribution is 7.99. The van der Waals surface area contributed by atoms with Crippen molar-refractivity contribution in [2.24, 2.45) is 0 Å². The number of nitrogens with zero attached hydrogens (tertiary/aromatic N) is 4. The normalized spacial score (nSPS) is 14.1. The molecular weight excluding hydrogens is 334 g/mol. The Morgan fingerprint density at radius 1 is 1.48 bits per heavy atom. The molecule has 0 aliphatic heterocycles. The van der Waals surface area contributed by atoms with E-state index in [2.05, 4.69) is 25.1 Å². The zero-order chi connectivity index (χ0) is 15.6. The number of thiazole rings is 1. The van der Waals surface area contributed by atoms with Crippen LogP contribution < -0.4 is 5.32 Å². The number of amides is 1. The Morgan fingerprint density at radius 2 is 2.39 bits per heavy atom. The summed E-state index contributed by atoms with van der Waals surface area (Å²) in [6.07, 6.45) is 5.48. The van der Waals surface area contributed by atoms with Crippen LogP contribution in [0.15, 0.2) is 39.5 Å². The van der Waals surface area contributed by atoms with Crippen molar-refractivity contribution in [2.45, 2.75) is 24.0 Å². The summed E-state index contributed by atoms with van der Waals surface area (Å²) in [6, 6.07) is 4.09. The van der Waals surface area contributed by atoms with Gasteiger partial charge in [-0.15, -0.1) is 21.5 Å². The number of hydrogen-bond acceptors (Lipinski definition) is 7. The maximum atomic E-state index is 12.0. The summed E-state index contributed by atoms with van der Waals surface area (Å²) in [4.78, 5) is 16.0. The van der Waals surface area contributed by atoms with Crippen LogP contribution in [0.4, 0.5) is 5.13 Å². The average Bonchev–Trinajstić information content (AvgIpc) is 3.01. The second-order valence-electron chi connectivity index (χ2n) is 5.06. The van der Waals surface area contributed by atoms with Crippen LogP contribution in [-0.4, -0.2) is 31.4 Å². The summed E-state index contributed by atoms with van der Waals surface area (Å²) in [6.45, 7) is 0. The molecule has 0 spiro atoms. The Balaban J connectivity index is 1.48. The van der Waals surface area contributed by atoms with Gasteiger partial charge in [0, 0.05) is 17.6 Å². The topological polar surface area (TPSA) is 85.8 Å². The molecule has 1 amide bonds. The van der Waals surface area contributed by atoms with Gasteiger partial charge in [0.05, 0.1) is 12.0 Å². The molecule has 1 saturated carbocycles. The van der Waals surface area contributed by atoms with E-state index in [-0.39, 0.29) is 11.7 Å². The minimum absolute atomic E-state index is 0.102. The third-order valence-electron chi connectivity index (χ3n) is 3.33. The zero-order valence-electron chi connectivity index (χ0n) is 12.0. The summed E-state index contributed by atoms with van der Waals surface area (Å²) in [7, 11) is 0. The van der Waals surface area contributed by atoms with E-state index in [0.29, 0.717) is 16.9 Å². The van der Waals surface area contributed by atoms with Crippen LogP contribution in [0.2, 0.25) is 0 Å². The zero-order valence-corrected chi connectivity index (χ0v) is 13.6. The molecule has 0 bridgehead atoms. The quantitative estimate of drug-likeness (QED) is 0.690. The summed E-state index contributed by atoms with van der Waals surface area (Å²) in [5, 5.41) is 14.4. The number of aromatic nitrogens is 4. The summed E-state index contributed by atoms with van der Waals surface area (Å²) in [5.74, 6) is 1.58. The lowest BCUT2D eigenvalue weighted by molar-refractivity contribution is -0.113. The standard InChI is InChI=1S/C14H13N5O2S2/c20-11(16-13-15-5-7-22-13)8-23-14-18-17-12(10-2-1-6-21-10)19(14)9-3-4-9/h1-2,5-7,9H,3-4,8H2,(H,15,16,20). The minimum Gasteiger partial charge on any atom is -0.461 e. The van der Waals surface area contributed by atoms with Crippen molar-refractivity contribution in [1.29, 1.82) is 0 Å². The minimum atomic E-state index is -0.102. The van der Waals surface area contributed by atoms with Gasteiger partial charge < -0.3 is 9.73 Å². The molecule has 1 aliphatic carbocycles. The number of nitrogens with one attached hydrogen (secondary N) is 1. The fourth-order valence-electron chi connectivity index (χ4n) is 2.18. The molecule has 4 rings (SSSR count). The first kappa shape index (κ1) is 14.5. The molecule has 3 aromatic heterocycles. The van der Waals surface area contributed by atoms with Crippen molar-refractivity contribution in [3.05, 3.63) is 30.0 Å². The van der Waals surface area contributed by atoms with Crippen LogP contribution in [0.25, 0.3) is 11.6 Å². The predicted molar refractivity (Wildman–Crippen MR) is 87.5 cm³/mol. The van der Waals surface area contributed by atoms with Crippen molar-refractivity contribution in [1.82, 2.24) is 19.7 Å². The van der Waals surface area contributed by atoms with E-state index in [1.54, 1.807) is 12.5 Å². The molecular formula is C14H13N5O2S2. The van der Waals surface area contributed by atoms with Gasteiger partial charge >= 0.3 is 0 Å². The number of carbonyl (C=O) groups excluding carboxylic acids is 1. The van der Waals surface area contributed by atoms with Gasteiger partial charge in [0.15, 0.2) is 16.0 Å². The fourth-order valence-corrected chi connectivity index (χ4v) is 3.53. The van der Waals surface area contributed by atoms with E-state index in [1.165, 1.54) is 23.1 Å². The molecule has 7 nitrogen and oxygen atoms in total. The monoisotopic (exact) mass is 347 g/mol. The van der Waals surface area contributed by atoms with Crippen molar-refractivity contribution in [3.8, 4) is 11.6 Å². The molecule has 0 saturated heterocycles. The highest BCUT2D eigenvalue weighted by Crippen LogP contribution is 2.41. The lowest BCUT2D eigenvalue weighted by atomic mass is 10.4. The maximum absolute atomic E-state index is 12.0. The maximum Gasteiger partial charge on any atom is 0.236 e. The summed E-state index contributed by atoms with van der Waals surface area (Å²) < 4.78 is 7.50. The Hall–Kier alpha value is -2.13. The molecule has 0 radical (unpaired) electrons. The lowest BCUT2D eigenvalue weighted by Crippen LogP contribution is -2.14. The molecule has 0 aromatic carbocycles. The first-order valence-corrected chi connectivity index (χ1v) is 8.98. The smallest absolute Gasteiger partial charge is 0.236 e. The largest absolute Gasteiger partial charge is 0.461 e. The first-order valence-electron chi connectivity index (χ1n) is 7.12. The van der Waals surface area contributed by atoms with E-state index in [1.807, 2.05) is 17.5 Å². The van der Waals surface area contributed by atoms with Gasteiger partial charge in [-0.1, -0.05) is 11.8 Å². The molecule has 3 heterocycles. The second kappa shape index (κ2) is 6.17. The van der Waals surface area contributed by atoms with Gasteiger partial charge in [-0.05, 0) is 25.0 Å². The molecule has 1 aliphatic rings. The van der Waals surface area contributed by atoms with Crippen LogP contribution in [0.1, 0.15) is 18.9 Å². The molecule has 3 aromatic rings. The van der Waals surface area contributed by atoms with Crippen LogP contribution in [-0.2, 0) is 4.79 Å². The van der Waals surface area contributed by atoms with E-state index in [4.69, 9.17) is 4.42 Å². The van der Waals surface area contributed by atoms with Gasteiger partial charge in [-0.3, -0.25) is 9.36 Å². The fraction of sp³-hybridized carbons (Fsp3) is 0.286. The molecule has 0 atom stereocenters. The van der Waals surface area contributed by atoms with Crippen molar-refractivity contribution in [2.75, 3.05) is 11.1 Å². The Kier molecular flexibility index (Phi) is 3.88. The number of anilines is 1. The second-order valence-corrected chi connectivity index (χ2v) is 6.90. The molecule has 1 fully saturated rings. The highest BCUT2D eigenvalue weighted by Gasteiger charge is 2.31. The summed E-state index contributed by atoms with van der Waals surface area (Å²) >= 11 is 2.77. The Bertz CT molecular complexity index is 793. The number of rotatable bonds is 6. The van der Waals surface area contributed by atoms with Crippen molar-refractivity contribution in [3.63, 3.8) is 0 Å². The van der Waals surface area contributed by atoms with Crippen LogP contribution in [0.5, 0.6) is 0 Å². The predicted octanol–water partition coefficient (Wildman–Crippen LogP) is 3.06. The van der Waals surface area contributed by atoms with Gasteiger partial charge in [0.1, 0.15) is 0 Å². The van der Waals surface area contributed by atoms with Crippen molar-refractivity contribution >= 4 is 34.1 Å².